The van der Waals surface area contributed by atoms with Crippen molar-refractivity contribution in [2.24, 2.45) is 5.92 Å². The Balaban J connectivity index is 1.30. The molecule has 1 unspecified atom stereocenters. The third-order valence-corrected chi connectivity index (χ3v) is 5.70. The Morgan fingerprint density at radius 1 is 1.18 bits per heavy atom. The maximum Gasteiger partial charge on any atom is 0.249 e. The molecule has 0 spiro atoms. The number of hydrogen-bond acceptors (Lipinski definition) is 5. The largest absolute Gasteiger partial charge is 0.383 e. The zero-order valence-electron chi connectivity index (χ0n) is 15.8. The molecule has 150 valence electrons. The van der Waals surface area contributed by atoms with E-state index in [9.17, 15) is 19.5 Å². The van der Waals surface area contributed by atoms with Gasteiger partial charge < -0.3 is 15.7 Å². The van der Waals surface area contributed by atoms with E-state index >= 15 is 0 Å². The Bertz CT molecular complexity index is 771. The predicted octanol–water partition coefficient (Wildman–Crippen LogP) is 0.323. The van der Waals surface area contributed by atoms with Crippen molar-refractivity contribution in [3.05, 3.63) is 24.3 Å². The van der Waals surface area contributed by atoms with Crippen molar-refractivity contribution in [3.63, 3.8) is 0 Å². The van der Waals surface area contributed by atoms with E-state index < -0.39 is 6.10 Å². The van der Waals surface area contributed by atoms with E-state index in [0.29, 0.717) is 37.3 Å². The zero-order valence-corrected chi connectivity index (χ0v) is 15.8. The van der Waals surface area contributed by atoms with Crippen LogP contribution in [0.25, 0.3) is 0 Å². The maximum atomic E-state index is 12.8. The SMILES string of the molecule is O=C1CN(C(=O)CN2CCC(C(O)C(=O)NC3CC3)CC2)c2ccccc2N1. The summed E-state index contributed by atoms with van der Waals surface area (Å²) in [5.74, 6) is -0.664. The van der Waals surface area contributed by atoms with Crippen LogP contribution in [0.3, 0.4) is 0 Å². The van der Waals surface area contributed by atoms with Crippen LogP contribution < -0.4 is 15.5 Å². The highest BCUT2D eigenvalue weighted by atomic mass is 16.3. The molecule has 2 aliphatic heterocycles. The number of rotatable bonds is 5. The Kier molecular flexibility index (Phi) is 5.32. The summed E-state index contributed by atoms with van der Waals surface area (Å²) >= 11 is 0. The first kappa shape index (κ1) is 18.9. The van der Waals surface area contributed by atoms with Crippen molar-refractivity contribution in [1.29, 1.82) is 0 Å². The van der Waals surface area contributed by atoms with E-state index in [1.54, 1.807) is 6.07 Å². The average molecular weight is 386 g/mol. The van der Waals surface area contributed by atoms with Crippen LogP contribution in [0.5, 0.6) is 0 Å². The second-order valence-electron chi connectivity index (χ2n) is 7.89. The fraction of sp³-hybridized carbons (Fsp3) is 0.550. The Labute approximate surface area is 163 Å². The molecule has 1 saturated carbocycles. The van der Waals surface area contributed by atoms with Crippen molar-refractivity contribution >= 4 is 29.1 Å². The Morgan fingerprint density at radius 2 is 1.89 bits per heavy atom. The number of carbonyl (C=O) groups is 3. The number of benzene rings is 1. The third kappa shape index (κ3) is 4.18. The fourth-order valence-corrected chi connectivity index (χ4v) is 3.89. The lowest BCUT2D eigenvalue weighted by molar-refractivity contribution is -0.133. The third-order valence-electron chi connectivity index (χ3n) is 5.70. The molecule has 1 aliphatic carbocycles. The monoisotopic (exact) mass is 386 g/mol. The molecule has 8 nitrogen and oxygen atoms in total. The first-order chi connectivity index (χ1) is 13.5. The van der Waals surface area contributed by atoms with Crippen molar-refractivity contribution in [3.8, 4) is 0 Å². The first-order valence-corrected chi connectivity index (χ1v) is 9.91. The van der Waals surface area contributed by atoms with Gasteiger partial charge in [0, 0.05) is 6.04 Å². The van der Waals surface area contributed by atoms with Crippen molar-refractivity contribution in [1.82, 2.24) is 10.2 Å². The van der Waals surface area contributed by atoms with Crippen LogP contribution in [0, 0.1) is 5.92 Å². The molecule has 3 amide bonds. The van der Waals surface area contributed by atoms with E-state index in [-0.39, 0.29) is 42.8 Å². The molecule has 1 saturated heterocycles. The average Bonchev–Trinajstić information content (AvgIpc) is 3.51. The number of piperidine rings is 1. The van der Waals surface area contributed by atoms with Crippen molar-refractivity contribution < 1.29 is 19.5 Å². The van der Waals surface area contributed by atoms with Crippen molar-refractivity contribution in [2.75, 3.05) is 36.4 Å². The van der Waals surface area contributed by atoms with Gasteiger partial charge in [-0.3, -0.25) is 24.2 Å². The van der Waals surface area contributed by atoms with Crippen LogP contribution in [-0.2, 0) is 14.4 Å². The minimum atomic E-state index is -0.976. The Hall–Kier alpha value is -2.45. The fourth-order valence-electron chi connectivity index (χ4n) is 3.89. The maximum absolute atomic E-state index is 12.8. The molecule has 0 bridgehead atoms. The molecule has 4 rings (SSSR count). The molecule has 1 aromatic carbocycles. The molecular weight excluding hydrogens is 360 g/mol. The van der Waals surface area contributed by atoms with Gasteiger partial charge >= 0.3 is 0 Å². The van der Waals surface area contributed by atoms with E-state index in [1.165, 1.54) is 4.90 Å². The quantitative estimate of drug-likeness (QED) is 0.677. The summed E-state index contributed by atoms with van der Waals surface area (Å²) in [6, 6.07) is 7.52. The lowest BCUT2D eigenvalue weighted by atomic mass is 9.90. The summed E-state index contributed by atoms with van der Waals surface area (Å²) in [4.78, 5) is 40.3. The molecule has 0 aromatic heterocycles. The van der Waals surface area contributed by atoms with Crippen LogP contribution in [0.1, 0.15) is 25.7 Å². The molecule has 1 atom stereocenters. The van der Waals surface area contributed by atoms with Gasteiger partial charge in [0.05, 0.1) is 17.9 Å². The number of aliphatic hydroxyl groups excluding tert-OH is 1. The zero-order chi connectivity index (χ0) is 19.7. The molecular formula is C20H26N4O4. The standard InChI is InChI=1S/C20H26N4O4/c25-17-11-24(16-4-2-1-3-15(16)22-17)18(26)12-23-9-7-13(8-10-23)19(27)20(28)21-14-5-6-14/h1-4,13-14,19,27H,5-12H2,(H,21,28)(H,22,25). The minimum Gasteiger partial charge on any atom is -0.383 e. The lowest BCUT2D eigenvalue weighted by Crippen LogP contribution is -2.49. The second-order valence-corrected chi connectivity index (χ2v) is 7.89. The highest BCUT2D eigenvalue weighted by molar-refractivity contribution is 6.10. The van der Waals surface area contributed by atoms with Crippen molar-refractivity contribution in [2.45, 2.75) is 37.8 Å². The summed E-state index contributed by atoms with van der Waals surface area (Å²) in [6.07, 6.45) is 2.36. The van der Waals surface area contributed by atoms with Gasteiger partial charge in [-0.2, -0.15) is 0 Å². The summed E-state index contributed by atoms with van der Waals surface area (Å²) in [5.41, 5.74) is 1.37. The number of likely N-dealkylation sites (tertiary alicyclic amines) is 1. The summed E-state index contributed by atoms with van der Waals surface area (Å²) in [5, 5.41) is 15.9. The van der Waals surface area contributed by atoms with Gasteiger partial charge in [0.15, 0.2) is 0 Å². The number of hydrogen-bond donors (Lipinski definition) is 3. The lowest BCUT2D eigenvalue weighted by Gasteiger charge is -2.35. The van der Waals surface area contributed by atoms with E-state index in [2.05, 4.69) is 10.6 Å². The topological polar surface area (TPSA) is 102 Å². The van der Waals surface area contributed by atoms with Crippen LogP contribution in [-0.4, -0.2) is 66.1 Å². The first-order valence-electron chi connectivity index (χ1n) is 9.91. The van der Waals surface area contributed by atoms with Gasteiger partial charge in [-0.25, -0.2) is 0 Å². The number of nitrogens with zero attached hydrogens (tertiary/aromatic N) is 2. The van der Waals surface area contributed by atoms with Crippen LogP contribution >= 0.6 is 0 Å². The molecule has 8 heteroatoms. The Morgan fingerprint density at radius 3 is 2.61 bits per heavy atom. The molecule has 3 N–H and O–H groups in total. The van der Waals surface area contributed by atoms with Crippen LogP contribution in [0.2, 0.25) is 0 Å². The number of carbonyl (C=O) groups excluding carboxylic acids is 3. The van der Waals surface area contributed by atoms with E-state index in [0.717, 1.165) is 12.8 Å². The molecule has 2 fully saturated rings. The van der Waals surface area contributed by atoms with Gasteiger partial charge in [0.1, 0.15) is 12.6 Å². The number of aliphatic hydroxyl groups is 1. The van der Waals surface area contributed by atoms with Gasteiger partial charge in [-0.1, -0.05) is 12.1 Å². The predicted molar refractivity (Wildman–Crippen MR) is 104 cm³/mol. The highest BCUT2D eigenvalue weighted by Gasteiger charge is 2.34. The normalized spacial score (nSPS) is 21.6. The van der Waals surface area contributed by atoms with Gasteiger partial charge in [0.2, 0.25) is 17.7 Å². The van der Waals surface area contributed by atoms with E-state index in [4.69, 9.17) is 0 Å². The molecule has 2 heterocycles. The van der Waals surface area contributed by atoms with Gasteiger partial charge in [0.25, 0.3) is 0 Å². The molecule has 0 radical (unpaired) electrons. The van der Waals surface area contributed by atoms with Gasteiger partial charge in [-0.15, -0.1) is 0 Å². The molecule has 1 aromatic rings. The number of amides is 3. The number of para-hydroxylation sites is 2. The smallest absolute Gasteiger partial charge is 0.249 e. The van der Waals surface area contributed by atoms with Crippen LogP contribution in [0.15, 0.2) is 24.3 Å². The summed E-state index contributed by atoms with van der Waals surface area (Å²) in [7, 11) is 0. The molecule has 28 heavy (non-hydrogen) atoms. The number of fused-ring (bicyclic) bond motifs is 1. The molecule has 3 aliphatic rings. The number of nitrogens with one attached hydrogen (secondary N) is 2. The minimum absolute atomic E-state index is 0.0202. The number of anilines is 2. The highest BCUT2D eigenvalue weighted by Crippen LogP contribution is 2.29. The van der Waals surface area contributed by atoms with Crippen LogP contribution in [0.4, 0.5) is 11.4 Å². The summed E-state index contributed by atoms with van der Waals surface area (Å²) < 4.78 is 0. The summed E-state index contributed by atoms with van der Waals surface area (Å²) in [6.45, 7) is 1.53. The second kappa shape index (κ2) is 7.89. The van der Waals surface area contributed by atoms with Gasteiger partial charge in [-0.05, 0) is 56.8 Å². The van der Waals surface area contributed by atoms with E-state index in [1.807, 2.05) is 23.1 Å².